The summed E-state index contributed by atoms with van der Waals surface area (Å²) in [5.74, 6) is 0.683. The summed E-state index contributed by atoms with van der Waals surface area (Å²) < 4.78 is 2.18. The molecule has 1 heterocycles. The summed E-state index contributed by atoms with van der Waals surface area (Å²) in [7, 11) is 0. The molecule has 1 aromatic rings. The van der Waals surface area contributed by atoms with Crippen LogP contribution in [-0.2, 0) is 5.54 Å². The summed E-state index contributed by atoms with van der Waals surface area (Å²) in [5, 5.41) is 4.55. The molecule has 16 heavy (non-hydrogen) atoms. The second-order valence-corrected chi connectivity index (χ2v) is 5.98. The van der Waals surface area contributed by atoms with Crippen LogP contribution in [0.15, 0.2) is 6.20 Å². The summed E-state index contributed by atoms with van der Waals surface area (Å²) in [6.45, 7) is 8.65. The van der Waals surface area contributed by atoms with Gasteiger partial charge < -0.3 is 5.73 Å². The zero-order chi connectivity index (χ0) is 11.9. The number of hydrogen-bond donors (Lipinski definition) is 1. The Balaban J connectivity index is 2.45. The van der Waals surface area contributed by atoms with Gasteiger partial charge in [0.25, 0.3) is 0 Å². The molecule has 1 fully saturated rings. The lowest BCUT2D eigenvalue weighted by atomic mass is 9.80. The molecule has 1 aromatic heterocycles. The lowest BCUT2D eigenvalue weighted by Crippen LogP contribution is -2.29. The Hall–Kier alpha value is -0.830. The molecule has 1 atom stereocenters. The summed E-state index contributed by atoms with van der Waals surface area (Å²) in [6, 6.07) is 0.0895. The minimum Gasteiger partial charge on any atom is -0.324 e. The van der Waals surface area contributed by atoms with E-state index in [9.17, 15) is 0 Å². The van der Waals surface area contributed by atoms with E-state index in [1.165, 1.54) is 30.5 Å². The fraction of sp³-hybridized carbons (Fsp3) is 0.769. The van der Waals surface area contributed by atoms with Crippen molar-refractivity contribution >= 4 is 0 Å². The number of rotatable bonds is 2. The highest BCUT2D eigenvalue weighted by atomic mass is 15.3. The lowest BCUT2D eigenvalue weighted by Gasteiger charge is -2.32. The maximum Gasteiger partial charge on any atom is 0.0546 e. The fourth-order valence-corrected chi connectivity index (χ4v) is 2.35. The minimum atomic E-state index is 0.0536. The predicted molar refractivity (Wildman–Crippen MR) is 66.4 cm³/mol. The largest absolute Gasteiger partial charge is 0.324 e. The highest BCUT2D eigenvalue weighted by Crippen LogP contribution is 2.40. The number of nitrogens with two attached hydrogens (primary N) is 1. The molecule has 0 saturated heterocycles. The van der Waals surface area contributed by atoms with Gasteiger partial charge in [0.2, 0.25) is 0 Å². The molecule has 2 rings (SSSR count). The van der Waals surface area contributed by atoms with Crippen molar-refractivity contribution in [1.82, 2.24) is 9.78 Å². The zero-order valence-corrected chi connectivity index (χ0v) is 10.8. The van der Waals surface area contributed by atoms with Crippen LogP contribution in [0.2, 0.25) is 0 Å². The van der Waals surface area contributed by atoms with E-state index in [1.807, 2.05) is 13.1 Å². The van der Waals surface area contributed by atoms with Crippen molar-refractivity contribution in [1.29, 1.82) is 0 Å². The van der Waals surface area contributed by atoms with Crippen LogP contribution in [-0.4, -0.2) is 9.78 Å². The molecule has 0 amide bonds. The molecule has 1 aliphatic rings. The van der Waals surface area contributed by atoms with E-state index in [1.54, 1.807) is 0 Å². The Morgan fingerprint density at radius 1 is 1.44 bits per heavy atom. The average molecular weight is 221 g/mol. The lowest BCUT2D eigenvalue weighted by molar-refractivity contribution is 0.305. The molecule has 0 radical (unpaired) electrons. The monoisotopic (exact) mass is 221 g/mol. The second-order valence-electron chi connectivity index (χ2n) is 5.98. The first-order valence-corrected chi connectivity index (χ1v) is 6.25. The van der Waals surface area contributed by atoms with Gasteiger partial charge in [-0.25, -0.2) is 0 Å². The first kappa shape index (κ1) is 11.6. The van der Waals surface area contributed by atoms with Crippen molar-refractivity contribution < 1.29 is 0 Å². The van der Waals surface area contributed by atoms with Crippen molar-refractivity contribution in [2.24, 2.45) is 5.73 Å². The van der Waals surface area contributed by atoms with Crippen LogP contribution in [0, 0.1) is 0 Å². The van der Waals surface area contributed by atoms with Crippen LogP contribution < -0.4 is 5.73 Å². The zero-order valence-electron chi connectivity index (χ0n) is 10.8. The smallest absolute Gasteiger partial charge is 0.0546 e. The average Bonchev–Trinajstić information content (AvgIpc) is 2.43. The predicted octanol–water partition coefficient (Wildman–Crippen LogP) is 2.93. The van der Waals surface area contributed by atoms with E-state index in [0.717, 1.165) is 0 Å². The Labute approximate surface area is 98.0 Å². The summed E-state index contributed by atoms with van der Waals surface area (Å²) in [4.78, 5) is 0. The van der Waals surface area contributed by atoms with Gasteiger partial charge >= 0.3 is 0 Å². The van der Waals surface area contributed by atoms with Gasteiger partial charge in [-0.15, -0.1) is 0 Å². The molecule has 3 nitrogen and oxygen atoms in total. The Morgan fingerprint density at radius 3 is 2.44 bits per heavy atom. The van der Waals surface area contributed by atoms with Crippen molar-refractivity contribution in [3.63, 3.8) is 0 Å². The Kier molecular flexibility index (Phi) is 2.82. The summed E-state index contributed by atoms with van der Waals surface area (Å²) >= 11 is 0. The van der Waals surface area contributed by atoms with E-state index in [0.29, 0.717) is 5.92 Å². The Bertz CT molecular complexity index is 367. The number of aromatic nitrogens is 2. The van der Waals surface area contributed by atoms with Crippen LogP contribution in [0.4, 0.5) is 0 Å². The highest BCUT2D eigenvalue weighted by molar-refractivity contribution is 5.27. The third kappa shape index (κ3) is 1.88. The molecule has 3 heteroatoms. The number of nitrogens with zero attached hydrogens (tertiary/aromatic N) is 2. The van der Waals surface area contributed by atoms with Crippen molar-refractivity contribution in [2.45, 2.75) is 64.5 Å². The van der Waals surface area contributed by atoms with Crippen LogP contribution in [0.25, 0.3) is 0 Å². The highest BCUT2D eigenvalue weighted by Gasteiger charge is 2.30. The SMILES string of the molecule is CC(N)c1cnn(C(C)(C)C)c1C1CCC1. The van der Waals surface area contributed by atoms with Crippen molar-refractivity contribution in [3.8, 4) is 0 Å². The molecule has 2 N–H and O–H groups in total. The van der Waals surface area contributed by atoms with Gasteiger partial charge in [0.15, 0.2) is 0 Å². The van der Waals surface area contributed by atoms with Crippen LogP contribution in [0.1, 0.15) is 70.2 Å². The standard InChI is InChI=1S/C13H23N3/c1-9(14)11-8-15-16(13(2,3)4)12(11)10-6-5-7-10/h8-10H,5-7,14H2,1-4H3. The first-order chi connectivity index (χ1) is 7.41. The Morgan fingerprint density at radius 2 is 2.06 bits per heavy atom. The van der Waals surface area contributed by atoms with E-state index in [2.05, 4.69) is 30.6 Å². The molecule has 0 aliphatic heterocycles. The molecule has 1 aliphatic carbocycles. The molecule has 0 spiro atoms. The maximum atomic E-state index is 6.03. The third-order valence-electron chi connectivity index (χ3n) is 3.45. The van der Waals surface area contributed by atoms with Gasteiger partial charge in [0.1, 0.15) is 0 Å². The van der Waals surface area contributed by atoms with Gasteiger partial charge in [-0.3, -0.25) is 4.68 Å². The summed E-state index contributed by atoms with van der Waals surface area (Å²) in [6.07, 6.45) is 5.89. The van der Waals surface area contributed by atoms with Crippen molar-refractivity contribution in [3.05, 3.63) is 17.5 Å². The van der Waals surface area contributed by atoms with E-state index in [-0.39, 0.29) is 11.6 Å². The molecule has 0 bridgehead atoms. The normalized spacial score (nSPS) is 19.6. The number of hydrogen-bond acceptors (Lipinski definition) is 2. The molecular weight excluding hydrogens is 198 g/mol. The van der Waals surface area contributed by atoms with Gasteiger partial charge in [-0.2, -0.15) is 5.10 Å². The van der Waals surface area contributed by atoms with Gasteiger partial charge in [0.05, 0.1) is 11.7 Å². The van der Waals surface area contributed by atoms with Gasteiger partial charge in [-0.1, -0.05) is 6.42 Å². The second kappa shape index (κ2) is 3.88. The molecule has 90 valence electrons. The molecule has 1 unspecified atom stereocenters. The third-order valence-corrected chi connectivity index (χ3v) is 3.45. The van der Waals surface area contributed by atoms with E-state index >= 15 is 0 Å². The molecule has 0 aromatic carbocycles. The van der Waals surface area contributed by atoms with E-state index < -0.39 is 0 Å². The van der Waals surface area contributed by atoms with Crippen LogP contribution >= 0.6 is 0 Å². The van der Waals surface area contributed by atoms with E-state index in [4.69, 9.17) is 5.73 Å². The van der Waals surface area contributed by atoms with Gasteiger partial charge in [0, 0.05) is 23.2 Å². The first-order valence-electron chi connectivity index (χ1n) is 6.25. The molecule has 1 saturated carbocycles. The van der Waals surface area contributed by atoms with Crippen LogP contribution in [0.3, 0.4) is 0 Å². The summed E-state index contributed by atoms with van der Waals surface area (Å²) in [5.41, 5.74) is 8.71. The van der Waals surface area contributed by atoms with Crippen molar-refractivity contribution in [2.75, 3.05) is 0 Å². The fourth-order valence-electron chi connectivity index (χ4n) is 2.35. The molecular formula is C13H23N3. The quantitative estimate of drug-likeness (QED) is 0.834. The maximum absolute atomic E-state index is 6.03. The topological polar surface area (TPSA) is 43.8 Å². The van der Waals surface area contributed by atoms with Crippen LogP contribution in [0.5, 0.6) is 0 Å². The minimum absolute atomic E-state index is 0.0536. The van der Waals surface area contributed by atoms with Gasteiger partial charge in [-0.05, 0) is 40.5 Å².